The zero-order valence-electron chi connectivity index (χ0n) is 11.1. The second-order valence-corrected chi connectivity index (χ2v) is 4.96. The topological polar surface area (TPSA) is 62.4 Å². The van der Waals surface area contributed by atoms with E-state index in [-0.39, 0.29) is 18.2 Å². The van der Waals surface area contributed by atoms with Crippen LogP contribution in [-0.4, -0.2) is 28.8 Å². The molecule has 19 heavy (non-hydrogen) atoms. The third-order valence-corrected chi connectivity index (χ3v) is 2.44. The number of halogens is 3. The molecule has 1 aromatic heterocycles. The predicted octanol–water partition coefficient (Wildman–Crippen LogP) is 2.28. The number of hydrogen-bond donors (Lipinski definition) is 2. The highest BCUT2D eigenvalue weighted by molar-refractivity contribution is 5.49. The Balaban J connectivity index is 3.14. The molecule has 108 valence electrons. The molecule has 0 atom stereocenters. The van der Waals surface area contributed by atoms with E-state index in [2.05, 4.69) is 4.98 Å². The molecule has 0 radical (unpaired) electrons. The van der Waals surface area contributed by atoms with Gasteiger partial charge in [-0.2, -0.15) is 13.2 Å². The molecule has 0 saturated carbocycles. The highest BCUT2D eigenvalue weighted by Crippen LogP contribution is 2.32. The third-order valence-electron chi connectivity index (χ3n) is 2.44. The maximum Gasteiger partial charge on any atom is 0.416 e. The van der Waals surface area contributed by atoms with Gasteiger partial charge in [0.1, 0.15) is 11.6 Å². The Morgan fingerprint density at radius 1 is 1.32 bits per heavy atom. The van der Waals surface area contributed by atoms with Crippen LogP contribution in [0.5, 0.6) is 0 Å². The first kappa shape index (κ1) is 15.6. The van der Waals surface area contributed by atoms with Crippen LogP contribution < -0.4 is 10.6 Å². The van der Waals surface area contributed by atoms with Crippen molar-refractivity contribution >= 4 is 11.6 Å². The summed E-state index contributed by atoms with van der Waals surface area (Å²) >= 11 is 0. The number of likely N-dealkylation sites (N-methyl/N-ethyl adjacent to an activating group) is 1. The average molecular weight is 277 g/mol. The van der Waals surface area contributed by atoms with Gasteiger partial charge in [-0.15, -0.1) is 0 Å². The lowest BCUT2D eigenvalue weighted by atomic mass is 10.1. The van der Waals surface area contributed by atoms with Crippen molar-refractivity contribution < 1.29 is 18.3 Å². The molecule has 7 heteroatoms. The number of pyridine rings is 1. The lowest BCUT2D eigenvalue weighted by molar-refractivity contribution is -0.137. The number of anilines is 2. The van der Waals surface area contributed by atoms with Crippen molar-refractivity contribution in [1.82, 2.24) is 4.98 Å². The highest BCUT2D eigenvalue weighted by Gasteiger charge is 2.32. The van der Waals surface area contributed by atoms with Crippen molar-refractivity contribution in [1.29, 1.82) is 0 Å². The van der Waals surface area contributed by atoms with Gasteiger partial charge in [0.05, 0.1) is 11.2 Å². The van der Waals surface area contributed by atoms with E-state index in [0.717, 1.165) is 12.1 Å². The van der Waals surface area contributed by atoms with Crippen molar-refractivity contribution in [2.75, 3.05) is 23.7 Å². The van der Waals surface area contributed by atoms with Crippen LogP contribution in [0.15, 0.2) is 12.1 Å². The van der Waals surface area contributed by atoms with Gasteiger partial charge in [-0.3, -0.25) is 0 Å². The van der Waals surface area contributed by atoms with E-state index in [9.17, 15) is 18.3 Å². The summed E-state index contributed by atoms with van der Waals surface area (Å²) in [6.45, 7) is 5.50. The number of nitrogens with zero attached hydrogens (tertiary/aromatic N) is 2. The van der Waals surface area contributed by atoms with Gasteiger partial charge >= 0.3 is 6.18 Å². The van der Waals surface area contributed by atoms with Gasteiger partial charge in [0.25, 0.3) is 0 Å². The zero-order valence-corrected chi connectivity index (χ0v) is 11.1. The second-order valence-electron chi connectivity index (χ2n) is 4.96. The van der Waals surface area contributed by atoms with Crippen molar-refractivity contribution in [3.05, 3.63) is 17.7 Å². The number of aliphatic hydroxyl groups is 1. The Morgan fingerprint density at radius 3 is 2.32 bits per heavy atom. The minimum atomic E-state index is -4.47. The Morgan fingerprint density at radius 2 is 1.89 bits per heavy atom. The minimum absolute atomic E-state index is 0.108. The monoisotopic (exact) mass is 277 g/mol. The molecule has 0 aliphatic rings. The summed E-state index contributed by atoms with van der Waals surface area (Å²) in [4.78, 5) is 5.44. The molecule has 0 aromatic carbocycles. The average Bonchev–Trinajstić information content (AvgIpc) is 2.22. The summed E-state index contributed by atoms with van der Waals surface area (Å²) in [5.74, 6) is -0.0871. The van der Waals surface area contributed by atoms with E-state index in [1.165, 1.54) is 0 Å². The van der Waals surface area contributed by atoms with Gasteiger partial charge in [0.15, 0.2) is 0 Å². The van der Waals surface area contributed by atoms with E-state index in [1.807, 2.05) is 0 Å². The fraction of sp³-hybridized carbons (Fsp3) is 0.583. The Bertz CT molecular complexity index is 441. The standard InChI is InChI=1S/C12H18F3N3O/c1-4-18(7-11(2,3)19)10-6-8(12(13,14)15)5-9(16)17-10/h5-6,19H,4,7H2,1-3H3,(H2,16,17). The van der Waals surface area contributed by atoms with Gasteiger partial charge < -0.3 is 15.7 Å². The molecule has 1 rings (SSSR count). The smallest absolute Gasteiger partial charge is 0.389 e. The normalized spacial score (nSPS) is 12.6. The molecule has 1 aromatic rings. The van der Waals surface area contributed by atoms with Crippen molar-refractivity contribution in [2.45, 2.75) is 32.5 Å². The SMILES string of the molecule is CCN(CC(C)(C)O)c1cc(C(F)(F)F)cc(N)n1. The molecule has 0 aliphatic carbocycles. The van der Waals surface area contributed by atoms with Crippen LogP contribution in [0.2, 0.25) is 0 Å². The van der Waals surface area contributed by atoms with Crippen LogP contribution in [0.25, 0.3) is 0 Å². The van der Waals surface area contributed by atoms with Crippen molar-refractivity contribution in [3.63, 3.8) is 0 Å². The van der Waals surface area contributed by atoms with Crippen LogP contribution in [0.4, 0.5) is 24.8 Å². The summed E-state index contributed by atoms with van der Waals surface area (Å²) in [6.07, 6.45) is -4.47. The lowest BCUT2D eigenvalue weighted by Gasteiger charge is -2.29. The Labute approximate surface area is 110 Å². The summed E-state index contributed by atoms with van der Waals surface area (Å²) in [5.41, 5.74) is 3.53. The van der Waals surface area contributed by atoms with Crippen LogP contribution in [-0.2, 0) is 6.18 Å². The molecule has 0 aliphatic heterocycles. The Hall–Kier alpha value is -1.50. The summed E-state index contributed by atoms with van der Waals surface area (Å²) in [5, 5.41) is 9.76. The molecule has 3 N–H and O–H groups in total. The summed E-state index contributed by atoms with van der Waals surface area (Å²) < 4.78 is 38.1. The van der Waals surface area contributed by atoms with E-state index < -0.39 is 17.3 Å². The summed E-state index contributed by atoms with van der Waals surface area (Å²) in [7, 11) is 0. The summed E-state index contributed by atoms with van der Waals surface area (Å²) in [6, 6.07) is 1.73. The largest absolute Gasteiger partial charge is 0.416 e. The van der Waals surface area contributed by atoms with Gasteiger partial charge in [-0.05, 0) is 32.9 Å². The molecule has 1 heterocycles. The molecule has 4 nitrogen and oxygen atoms in total. The maximum absolute atomic E-state index is 12.7. The first-order chi connectivity index (χ1) is 8.53. The fourth-order valence-electron chi connectivity index (χ4n) is 1.68. The molecule has 0 unspecified atom stereocenters. The number of alkyl halides is 3. The number of rotatable bonds is 4. The van der Waals surface area contributed by atoms with Crippen molar-refractivity contribution in [3.8, 4) is 0 Å². The molecular formula is C12H18F3N3O. The number of nitrogens with two attached hydrogens (primary N) is 1. The van der Waals surface area contributed by atoms with Crippen molar-refractivity contribution in [2.24, 2.45) is 0 Å². The molecule has 0 amide bonds. The molecule has 0 saturated heterocycles. The van der Waals surface area contributed by atoms with Crippen LogP contribution in [0.1, 0.15) is 26.3 Å². The van der Waals surface area contributed by atoms with Gasteiger partial charge in [-0.25, -0.2) is 4.98 Å². The molecule has 0 spiro atoms. The minimum Gasteiger partial charge on any atom is -0.389 e. The molecular weight excluding hydrogens is 259 g/mol. The second kappa shape index (κ2) is 5.24. The third kappa shape index (κ3) is 4.59. The van der Waals surface area contributed by atoms with Gasteiger partial charge in [0, 0.05) is 13.1 Å². The van der Waals surface area contributed by atoms with Gasteiger partial charge in [0.2, 0.25) is 0 Å². The maximum atomic E-state index is 12.7. The molecule has 0 bridgehead atoms. The van der Waals surface area contributed by atoms with E-state index in [1.54, 1.807) is 25.7 Å². The Kier molecular flexibility index (Phi) is 4.29. The van der Waals surface area contributed by atoms with Crippen LogP contribution >= 0.6 is 0 Å². The van der Waals surface area contributed by atoms with E-state index >= 15 is 0 Å². The first-order valence-corrected chi connectivity index (χ1v) is 5.85. The van der Waals surface area contributed by atoms with Gasteiger partial charge in [-0.1, -0.05) is 0 Å². The lowest BCUT2D eigenvalue weighted by Crippen LogP contribution is -2.39. The number of hydrogen-bond acceptors (Lipinski definition) is 4. The highest BCUT2D eigenvalue weighted by atomic mass is 19.4. The zero-order chi connectivity index (χ0) is 14.8. The number of aromatic nitrogens is 1. The number of nitrogen functional groups attached to an aromatic ring is 1. The van der Waals surface area contributed by atoms with Crippen LogP contribution in [0, 0.1) is 0 Å². The van der Waals surface area contributed by atoms with Crippen LogP contribution in [0.3, 0.4) is 0 Å². The van der Waals surface area contributed by atoms with E-state index in [0.29, 0.717) is 6.54 Å². The predicted molar refractivity (Wildman–Crippen MR) is 67.8 cm³/mol. The van der Waals surface area contributed by atoms with E-state index in [4.69, 9.17) is 5.73 Å². The fourth-order valence-corrected chi connectivity index (χ4v) is 1.68. The molecule has 0 fully saturated rings. The quantitative estimate of drug-likeness (QED) is 0.886. The first-order valence-electron chi connectivity index (χ1n) is 5.85.